The van der Waals surface area contributed by atoms with Gasteiger partial charge in [0.2, 0.25) is 0 Å². The van der Waals surface area contributed by atoms with Gasteiger partial charge in [0.05, 0.1) is 0 Å². The monoisotopic (exact) mass is 125 g/mol. The molecule has 1 aliphatic heterocycles. The van der Waals surface area contributed by atoms with Gasteiger partial charge in [-0.2, -0.15) is 0 Å². The molecule has 0 radical (unpaired) electrons. The Hall–Kier alpha value is -0.300. The highest BCUT2D eigenvalue weighted by Crippen LogP contribution is 2.12. The van der Waals surface area contributed by atoms with E-state index in [1.807, 2.05) is 0 Å². The quantitative estimate of drug-likeness (QED) is 0.526. The van der Waals surface area contributed by atoms with E-state index in [1.165, 1.54) is 25.0 Å². The van der Waals surface area contributed by atoms with E-state index < -0.39 is 0 Å². The van der Waals surface area contributed by atoms with Crippen molar-refractivity contribution >= 4 is 0 Å². The predicted octanol–water partition coefficient (Wildman–Crippen LogP) is 1.70. The molecule has 1 N–H and O–H groups in total. The molecule has 1 atom stereocenters. The van der Waals surface area contributed by atoms with Gasteiger partial charge in [-0.05, 0) is 33.2 Å². The first-order valence-corrected chi connectivity index (χ1v) is 3.71. The van der Waals surface area contributed by atoms with E-state index in [0.717, 1.165) is 0 Å². The summed E-state index contributed by atoms with van der Waals surface area (Å²) in [5.74, 6) is 0. The number of rotatable bonds is 1. The van der Waals surface area contributed by atoms with Gasteiger partial charge in [0.1, 0.15) is 0 Å². The molecule has 1 heteroatoms. The summed E-state index contributed by atoms with van der Waals surface area (Å²) < 4.78 is 0. The van der Waals surface area contributed by atoms with Crippen LogP contribution in [-0.2, 0) is 0 Å². The zero-order chi connectivity index (χ0) is 6.69. The molecule has 0 spiro atoms. The van der Waals surface area contributed by atoms with Gasteiger partial charge >= 0.3 is 0 Å². The number of hydrogen-bond donors (Lipinski definition) is 1. The average molecular weight is 125 g/mol. The van der Waals surface area contributed by atoms with Crippen LogP contribution in [0.1, 0.15) is 26.7 Å². The molecule has 0 aromatic rings. The Labute approximate surface area is 57.1 Å². The Morgan fingerprint density at radius 1 is 1.67 bits per heavy atom. The standard InChI is InChI=1S/C8H15N/c1-3-7(2)8-5-4-6-9-8/h3,8-9H,4-6H2,1-2H3/b7-3+/t8-/m1/s1. The average Bonchev–Trinajstić information content (AvgIpc) is 2.37. The zero-order valence-corrected chi connectivity index (χ0v) is 6.28. The van der Waals surface area contributed by atoms with Gasteiger partial charge in [-0.15, -0.1) is 0 Å². The lowest BCUT2D eigenvalue weighted by Crippen LogP contribution is -2.21. The van der Waals surface area contributed by atoms with Gasteiger partial charge in [-0.25, -0.2) is 0 Å². The van der Waals surface area contributed by atoms with Gasteiger partial charge in [0.15, 0.2) is 0 Å². The summed E-state index contributed by atoms with van der Waals surface area (Å²) >= 11 is 0. The van der Waals surface area contributed by atoms with Crippen LogP contribution in [0.2, 0.25) is 0 Å². The zero-order valence-electron chi connectivity index (χ0n) is 6.28. The van der Waals surface area contributed by atoms with Crippen LogP contribution in [0.3, 0.4) is 0 Å². The van der Waals surface area contributed by atoms with Crippen LogP contribution >= 0.6 is 0 Å². The molecular formula is C8H15N. The molecule has 1 saturated heterocycles. The van der Waals surface area contributed by atoms with Gasteiger partial charge in [-0.3, -0.25) is 0 Å². The van der Waals surface area contributed by atoms with Crippen molar-refractivity contribution in [3.05, 3.63) is 11.6 Å². The lowest BCUT2D eigenvalue weighted by Gasteiger charge is -2.08. The molecule has 1 fully saturated rings. The van der Waals surface area contributed by atoms with Crippen LogP contribution in [0, 0.1) is 0 Å². The van der Waals surface area contributed by atoms with Crippen molar-refractivity contribution in [2.24, 2.45) is 0 Å². The van der Waals surface area contributed by atoms with Crippen LogP contribution in [0.15, 0.2) is 11.6 Å². The van der Waals surface area contributed by atoms with Crippen molar-refractivity contribution in [2.75, 3.05) is 6.54 Å². The number of allylic oxidation sites excluding steroid dienone is 1. The number of hydrogen-bond acceptors (Lipinski definition) is 1. The largest absolute Gasteiger partial charge is 0.310 e. The van der Waals surface area contributed by atoms with E-state index in [0.29, 0.717) is 6.04 Å². The predicted molar refractivity (Wildman–Crippen MR) is 40.5 cm³/mol. The Morgan fingerprint density at radius 3 is 2.89 bits per heavy atom. The second-order valence-electron chi connectivity index (χ2n) is 2.68. The van der Waals surface area contributed by atoms with Crippen molar-refractivity contribution in [3.63, 3.8) is 0 Å². The van der Waals surface area contributed by atoms with E-state index in [-0.39, 0.29) is 0 Å². The van der Waals surface area contributed by atoms with E-state index in [2.05, 4.69) is 25.2 Å². The molecule has 1 rings (SSSR count). The fraction of sp³-hybridized carbons (Fsp3) is 0.750. The molecule has 0 aromatic heterocycles. The van der Waals surface area contributed by atoms with Gasteiger partial charge < -0.3 is 5.32 Å². The molecule has 0 amide bonds. The maximum Gasteiger partial charge on any atom is 0.0277 e. The van der Waals surface area contributed by atoms with Crippen molar-refractivity contribution in [1.82, 2.24) is 5.32 Å². The minimum atomic E-state index is 0.690. The summed E-state index contributed by atoms with van der Waals surface area (Å²) in [5.41, 5.74) is 1.49. The molecule has 9 heavy (non-hydrogen) atoms. The summed E-state index contributed by atoms with van der Waals surface area (Å²) in [6.45, 7) is 5.51. The minimum absolute atomic E-state index is 0.690. The van der Waals surface area contributed by atoms with Crippen molar-refractivity contribution in [1.29, 1.82) is 0 Å². The second kappa shape index (κ2) is 3.02. The normalized spacial score (nSPS) is 29.1. The summed E-state index contributed by atoms with van der Waals surface area (Å²) in [4.78, 5) is 0. The maximum atomic E-state index is 3.44. The SMILES string of the molecule is C/C=C(\C)[C@H]1CCCN1. The fourth-order valence-corrected chi connectivity index (χ4v) is 1.27. The first-order chi connectivity index (χ1) is 4.34. The highest BCUT2D eigenvalue weighted by atomic mass is 14.9. The van der Waals surface area contributed by atoms with Crippen LogP contribution in [0.5, 0.6) is 0 Å². The molecule has 0 saturated carbocycles. The highest BCUT2D eigenvalue weighted by molar-refractivity contribution is 5.07. The molecule has 0 bridgehead atoms. The molecule has 0 aliphatic carbocycles. The number of nitrogens with one attached hydrogen (secondary N) is 1. The summed E-state index contributed by atoms with van der Waals surface area (Å²) in [7, 11) is 0. The molecule has 0 unspecified atom stereocenters. The van der Waals surface area contributed by atoms with Crippen molar-refractivity contribution < 1.29 is 0 Å². The molecule has 1 heterocycles. The molecule has 1 aliphatic rings. The topological polar surface area (TPSA) is 12.0 Å². The van der Waals surface area contributed by atoms with E-state index in [4.69, 9.17) is 0 Å². The van der Waals surface area contributed by atoms with Crippen LogP contribution in [-0.4, -0.2) is 12.6 Å². The smallest absolute Gasteiger partial charge is 0.0277 e. The molecular weight excluding hydrogens is 110 g/mol. The van der Waals surface area contributed by atoms with E-state index >= 15 is 0 Å². The Kier molecular flexibility index (Phi) is 2.29. The fourth-order valence-electron chi connectivity index (χ4n) is 1.27. The third kappa shape index (κ3) is 1.55. The van der Waals surface area contributed by atoms with Crippen LogP contribution in [0.4, 0.5) is 0 Å². The van der Waals surface area contributed by atoms with Gasteiger partial charge in [0, 0.05) is 6.04 Å². The minimum Gasteiger partial charge on any atom is -0.310 e. The first-order valence-electron chi connectivity index (χ1n) is 3.71. The van der Waals surface area contributed by atoms with E-state index in [9.17, 15) is 0 Å². The summed E-state index contributed by atoms with van der Waals surface area (Å²) in [6, 6.07) is 0.690. The maximum absolute atomic E-state index is 3.44. The summed E-state index contributed by atoms with van der Waals surface area (Å²) in [5, 5.41) is 3.44. The van der Waals surface area contributed by atoms with E-state index in [1.54, 1.807) is 0 Å². The first kappa shape index (κ1) is 6.81. The van der Waals surface area contributed by atoms with Gasteiger partial charge in [-0.1, -0.05) is 11.6 Å². The second-order valence-corrected chi connectivity index (χ2v) is 2.68. The molecule has 1 nitrogen and oxygen atoms in total. The Bertz CT molecular complexity index is 110. The highest BCUT2D eigenvalue weighted by Gasteiger charge is 2.13. The third-order valence-corrected chi connectivity index (χ3v) is 2.07. The van der Waals surface area contributed by atoms with Gasteiger partial charge in [0.25, 0.3) is 0 Å². The Morgan fingerprint density at radius 2 is 2.44 bits per heavy atom. The molecule has 52 valence electrons. The van der Waals surface area contributed by atoms with Crippen molar-refractivity contribution in [3.8, 4) is 0 Å². The lowest BCUT2D eigenvalue weighted by atomic mass is 10.1. The Balaban J connectivity index is 2.42. The molecule has 0 aromatic carbocycles. The van der Waals surface area contributed by atoms with Crippen LogP contribution < -0.4 is 5.32 Å². The van der Waals surface area contributed by atoms with Crippen LogP contribution in [0.25, 0.3) is 0 Å². The lowest BCUT2D eigenvalue weighted by molar-refractivity contribution is 0.688. The summed E-state index contributed by atoms with van der Waals surface area (Å²) in [6.07, 6.45) is 4.87. The third-order valence-electron chi connectivity index (χ3n) is 2.07. The van der Waals surface area contributed by atoms with Crippen molar-refractivity contribution in [2.45, 2.75) is 32.7 Å².